The van der Waals surface area contributed by atoms with Gasteiger partial charge in [-0.2, -0.15) is 9.78 Å². The number of nitrogens with one attached hydrogen (secondary N) is 2. The first-order valence-corrected chi connectivity index (χ1v) is 11.0. The molecule has 3 heterocycles. The molecule has 5 aromatic rings. The fraction of sp³-hybridized carbons (Fsp3) is 0.154. The molecule has 0 aliphatic rings. The van der Waals surface area contributed by atoms with Crippen molar-refractivity contribution in [2.24, 2.45) is 0 Å². The molecule has 0 spiro atoms. The number of hydrogen-bond acceptors (Lipinski definition) is 5. The summed E-state index contributed by atoms with van der Waals surface area (Å²) in [5.74, 6) is 0.956. The van der Waals surface area contributed by atoms with Gasteiger partial charge in [0.15, 0.2) is 5.76 Å². The second-order valence-corrected chi connectivity index (χ2v) is 8.32. The Morgan fingerprint density at radius 2 is 1.91 bits per heavy atom. The molecule has 0 atom stereocenters. The smallest absolute Gasteiger partial charge is 0.252 e. The van der Waals surface area contributed by atoms with Gasteiger partial charge in [-0.3, -0.25) is 14.6 Å². The van der Waals surface area contributed by atoms with Gasteiger partial charge >= 0.3 is 0 Å². The number of H-pyrrole nitrogens is 1. The molecule has 8 nitrogen and oxygen atoms in total. The molecule has 170 valence electrons. The van der Waals surface area contributed by atoms with Crippen molar-refractivity contribution in [3.63, 3.8) is 0 Å². The molecule has 1 amide bonds. The number of benzene rings is 2. The average molecular weight is 454 g/mol. The van der Waals surface area contributed by atoms with Crippen molar-refractivity contribution in [3.05, 3.63) is 94.6 Å². The molecule has 0 saturated carbocycles. The maximum Gasteiger partial charge on any atom is 0.252 e. The van der Waals surface area contributed by atoms with Crippen molar-refractivity contribution >= 4 is 22.5 Å². The lowest BCUT2D eigenvalue weighted by molar-refractivity contribution is -0.115. The highest BCUT2D eigenvalue weighted by molar-refractivity contribution is 5.96. The fourth-order valence-corrected chi connectivity index (χ4v) is 3.84. The molecule has 0 radical (unpaired) electrons. The predicted octanol–water partition coefficient (Wildman–Crippen LogP) is 4.67. The second kappa shape index (κ2) is 8.82. The Morgan fingerprint density at radius 3 is 2.71 bits per heavy atom. The zero-order valence-electron chi connectivity index (χ0n) is 18.8. The number of aromatic nitrogens is 4. The molecular weight excluding hydrogens is 430 g/mol. The quantitative estimate of drug-likeness (QED) is 0.389. The van der Waals surface area contributed by atoms with Crippen molar-refractivity contribution in [1.29, 1.82) is 0 Å². The van der Waals surface area contributed by atoms with Crippen LogP contribution in [0.2, 0.25) is 0 Å². The molecule has 0 bridgehead atoms. The third-order valence-electron chi connectivity index (χ3n) is 5.52. The topological polar surface area (TPSA) is 106 Å². The third-order valence-corrected chi connectivity index (χ3v) is 5.52. The van der Waals surface area contributed by atoms with E-state index >= 15 is 0 Å². The number of nitrogens with zero attached hydrogens (tertiary/aromatic N) is 3. The zero-order valence-corrected chi connectivity index (χ0v) is 18.8. The molecular formula is C26H23N5O3. The van der Waals surface area contributed by atoms with Gasteiger partial charge in [-0.05, 0) is 34.4 Å². The number of furan rings is 1. The van der Waals surface area contributed by atoms with Crippen LogP contribution in [0.5, 0.6) is 0 Å². The van der Waals surface area contributed by atoms with Crippen LogP contribution in [0.25, 0.3) is 28.2 Å². The minimum Gasteiger partial charge on any atom is -0.463 e. The Kier molecular flexibility index (Phi) is 5.55. The maximum absolute atomic E-state index is 13.1. The summed E-state index contributed by atoms with van der Waals surface area (Å²) in [6.07, 6.45) is 1.73. The van der Waals surface area contributed by atoms with Crippen LogP contribution in [0.1, 0.15) is 31.0 Å². The van der Waals surface area contributed by atoms with Crippen LogP contribution in [0.3, 0.4) is 0 Å². The first kappa shape index (κ1) is 21.4. The number of amides is 1. The summed E-state index contributed by atoms with van der Waals surface area (Å²) in [6.45, 7) is 3.91. The summed E-state index contributed by atoms with van der Waals surface area (Å²) in [4.78, 5) is 32.6. The van der Waals surface area contributed by atoms with E-state index < -0.39 is 0 Å². The van der Waals surface area contributed by atoms with Crippen LogP contribution >= 0.6 is 0 Å². The molecule has 0 saturated heterocycles. The molecule has 0 aliphatic carbocycles. The Labute approximate surface area is 195 Å². The second-order valence-electron chi connectivity index (χ2n) is 8.32. The summed E-state index contributed by atoms with van der Waals surface area (Å²) in [5, 5.41) is 9.58. The number of anilines is 1. The average Bonchev–Trinajstić information content (AvgIpc) is 3.49. The first-order chi connectivity index (χ1) is 16.5. The van der Waals surface area contributed by atoms with Crippen molar-refractivity contribution in [2.45, 2.75) is 26.2 Å². The Morgan fingerprint density at radius 1 is 1.09 bits per heavy atom. The molecule has 2 N–H and O–H groups in total. The minimum atomic E-state index is -0.295. The molecule has 0 unspecified atom stereocenters. The van der Waals surface area contributed by atoms with Crippen LogP contribution in [0.15, 0.2) is 82.2 Å². The van der Waals surface area contributed by atoms with E-state index in [1.54, 1.807) is 24.5 Å². The highest BCUT2D eigenvalue weighted by Gasteiger charge is 2.18. The summed E-state index contributed by atoms with van der Waals surface area (Å²) < 4.78 is 6.90. The predicted molar refractivity (Wildman–Crippen MR) is 130 cm³/mol. The van der Waals surface area contributed by atoms with E-state index in [9.17, 15) is 9.59 Å². The van der Waals surface area contributed by atoms with Gasteiger partial charge in [0.1, 0.15) is 11.5 Å². The van der Waals surface area contributed by atoms with E-state index in [1.807, 2.05) is 56.3 Å². The number of carbonyl (C=O) groups excluding carboxylic acids is 1. The van der Waals surface area contributed by atoms with Crippen LogP contribution < -0.4 is 10.9 Å². The summed E-state index contributed by atoms with van der Waals surface area (Å²) in [6, 6.07) is 20.5. The number of aromatic amines is 1. The largest absolute Gasteiger partial charge is 0.463 e. The van der Waals surface area contributed by atoms with Gasteiger partial charge in [-0.1, -0.05) is 56.3 Å². The summed E-state index contributed by atoms with van der Waals surface area (Å²) in [7, 11) is 0. The van der Waals surface area contributed by atoms with Crippen molar-refractivity contribution in [1.82, 2.24) is 19.7 Å². The van der Waals surface area contributed by atoms with E-state index in [1.165, 1.54) is 10.7 Å². The fourth-order valence-electron chi connectivity index (χ4n) is 3.84. The number of fused-ring (bicyclic) bond motifs is 1. The van der Waals surface area contributed by atoms with Crippen molar-refractivity contribution in [3.8, 4) is 17.4 Å². The number of hydrogen-bond donors (Lipinski definition) is 2. The van der Waals surface area contributed by atoms with Gasteiger partial charge in [0.25, 0.3) is 5.56 Å². The van der Waals surface area contributed by atoms with E-state index in [0.717, 1.165) is 16.3 Å². The third kappa shape index (κ3) is 4.25. The van der Waals surface area contributed by atoms with Crippen LogP contribution in [0.4, 0.5) is 5.82 Å². The Hall–Kier alpha value is -4.46. The van der Waals surface area contributed by atoms with E-state index in [2.05, 4.69) is 20.4 Å². The van der Waals surface area contributed by atoms with Gasteiger partial charge in [0, 0.05) is 12.1 Å². The highest BCUT2D eigenvalue weighted by Crippen LogP contribution is 2.25. The van der Waals surface area contributed by atoms with E-state index in [4.69, 9.17) is 4.42 Å². The van der Waals surface area contributed by atoms with Gasteiger partial charge in [-0.15, -0.1) is 0 Å². The molecule has 3 aromatic heterocycles. The Balaban J connectivity index is 1.52. The normalized spacial score (nSPS) is 11.3. The molecule has 0 aliphatic heterocycles. The van der Waals surface area contributed by atoms with E-state index in [-0.39, 0.29) is 29.8 Å². The van der Waals surface area contributed by atoms with Crippen LogP contribution in [-0.2, 0) is 11.2 Å². The van der Waals surface area contributed by atoms with Gasteiger partial charge < -0.3 is 9.73 Å². The summed E-state index contributed by atoms with van der Waals surface area (Å²) in [5.41, 5.74) is 1.75. The van der Waals surface area contributed by atoms with Gasteiger partial charge in [0.2, 0.25) is 11.9 Å². The lowest BCUT2D eigenvalue weighted by Crippen LogP contribution is -2.20. The zero-order chi connectivity index (χ0) is 23.7. The van der Waals surface area contributed by atoms with Crippen LogP contribution in [-0.4, -0.2) is 25.7 Å². The lowest BCUT2D eigenvalue weighted by Gasteiger charge is -2.11. The minimum absolute atomic E-state index is 0.0468. The molecule has 34 heavy (non-hydrogen) atoms. The van der Waals surface area contributed by atoms with Crippen molar-refractivity contribution in [2.75, 3.05) is 5.32 Å². The van der Waals surface area contributed by atoms with E-state index in [0.29, 0.717) is 23.0 Å². The lowest BCUT2D eigenvalue weighted by atomic mass is 10.0. The highest BCUT2D eigenvalue weighted by atomic mass is 16.3. The molecule has 8 heteroatoms. The first-order valence-electron chi connectivity index (χ1n) is 11.0. The van der Waals surface area contributed by atoms with Gasteiger partial charge in [-0.25, -0.2) is 4.98 Å². The van der Waals surface area contributed by atoms with Crippen LogP contribution in [0, 0.1) is 0 Å². The molecule has 5 rings (SSSR count). The SMILES string of the molecule is CC(C)c1cc(=O)[nH]c(-n2nc(-c3ccco3)cc2NC(=O)Cc2cccc3ccccc23)n1. The number of carbonyl (C=O) groups is 1. The molecule has 0 fully saturated rings. The maximum atomic E-state index is 13.1. The standard InChI is InChI=1S/C26H23N5O3/c1-16(2)20-15-25(33)29-26(27-20)31-23(14-21(30-31)22-11-6-12-34-22)28-24(32)13-18-9-5-8-17-7-3-4-10-19(17)18/h3-12,14-16H,13H2,1-2H3,(H,28,32)(H,27,29,33). The summed E-state index contributed by atoms with van der Waals surface area (Å²) >= 11 is 0. The monoisotopic (exact) mass is 453 g/mol. The Bertz CT molecular complexity index is 1520. The molecule has 2 aromatic carbocycles. The van der Waals surface area contributed by atoms with Crippen molar-refractivity contribution < 1.29 is 9.21 Å². The number of rotatable bonds is 6. The van der Waals surface area contributed by atoms with Gasteiger partial charge in [0.05, 0.1) is 18.4 Å².